The topological polar surface area (TPSA) is 58.4 Å². The minimum atomic E-state index is -0.00176. The van der Waals surface area contributed by atoms with Gasteiger partial charge < -0.3 is 11.1 Å². The summed E-state index contributed by atoms with van der Waals surface area (Å²) in [6.45, 7) is 0.765. The standard InChI is InChI=1S/C11H13N3O/c12-8-2-1-3-9(6-8)14-10(15)13-7-11(14)4-5-11/h1-3,6H,4-5,7,12H2,(H,13,15). The van der Waals surface area contributed by atoms with Crippen LogP contribution in [0.5, 0.6) is 0 Å². The molecular weight excluding hydrogens is 190 g/mol. The zero-order chi connectivity index (χ0) is 10.5. The summed E-state index contributed by atoms with van der Waals surface area (Å²) in [4.78, 5) is 13.6. The molecular formula is C11H13N3O. The van der Waals surface area contributed by atoms with Gasteiger partial charge in [0, 0.05) is 17.9 Å². The van der Waals surface area contributed by atoms with E-state index in [1.54, 1.807) is 0 Å². The molecule has 1 saturated heterocycles. The first-order chi connectivity index (χ1) is 7.21. The largest absolute Gasteiger partial charge is 0.399 e. The van der Waals surface area contributed by atoms with E-state index in [4.69, 9.17) is 5.73 Å². The lowest BCUT2D eigenvalue weighted by Crippen LogP contribution is -2.35. The van der Waals surface area contributed by atoms with E-state index in [9.17, 15) is 4.79 Å². The molecule has 2 amide bonds. The molecule has 4 heteroatoms. The van der Waals surface area contributed by atoms with Crippen LogP contribution in [0.3, 0.4) is 0 Å². The highest BCUT2D eigenvalue weighted by Gasteiger charge is 2.55. The molecule has 1 aromatic carbocycles. The van der Waals surface area contributed by atoms with Gasteiger partial charge in [-0.3, -0.25) is 4.90 Å². The van der Waals surface area contributed by atoms with E-state index in [2.05, 4.69) is 5.32 Å². The van der Waals surface area contributed by atoms with E-state index in [-0.39, 0.29) is 11.6 Å². The van der Waals surface area contributed by atoms with Gasteiger partial charge in [-0.1, -0.05) is 6.07 Å². The van der Waals surface area contributed by atoms with Crippen LogP contribution in [-0.2, 0) is 0 Å². The lowest BCUT2D eigenvalue weighted by atomic mass is 10.2. The second kappa shape index (κ2) is 2.66. The van der Waals surface area contributed by atoms with Gasteiger partial charge in [0.15, 0.2) is 0 Å². The highest BCUT2D eigenvalue weighted by Crippen LogP contribution is 2.46. The quantitative estimate of drug-likeness (QED) is 0.676. The van der Waals surface area contributed by atoms with Crippen molar-refractivity contribution in [3.05, 3.63) is 24.3 Å². The number of rotatable bonds is 1. The SMILES string of the molecule is Nc1cccc(N2C(=O)NCC23CC3)c1. The second-order valence-electron chi connectivity index (χ2n) is 4.31. The average molecular weight is 203 g/mol. The van der Waals surface area contributed by atoms with Gasteiger partial charge in [-0.25, -0.2) is 4.79 Å². The van der Waals surface area contributed by atoms with Crippen molar-refractivity contribution in [3.63, 3.8) is 0 Å². The van der Waals surface area contributed by atoms with Crippen molar-refractivity contribution in [1.82, 2.24) is 5.32 Å². The van der Waals surface area contributed by atoms with Crippen LogP contribution < -0.4 is 16.0 Å². The number of hydrogen-bond donors (Lipinski definition) is 2. The van der Waals surface area contributed by atoms with E-state index in [0.717, 1.165) is 25.1 Å². The van der Waals surface area contributed by atoms with Crippen molar-refractivity contribution in [2.45, 2.75) is 18.4 Å². The normalized spacial score (nSPS) is 21.9. The average Bonchev–Trinajstić information content (AvgIpc) is 2.88. The zero-order valence-corrected chi connectivity index (χ0v) is 8.36. The molecule has 1 heterocycles. The summed E-state index contributed by atoms with van der Waals surface area (Å²) in [7, 11) is 0. The summed E-state index contributed by atoms with van der Waals surface area (Å²) < 4.78 is 0. The number of carbonyl (C=O) groups is 1. The predicted octanol–water partition coefficient (Wildman–Crippen LogP) is 1.33. The molecule has 2 fully saturated rings. The van der Waals surface area contributed by atoms with Crippen molar-refractivity contribution in [2.24, 2.45) is 0 Å². The summed E-state index contributed by atoms with van der Waals surface area (Å²) in [5.41, 5.74) is 7.37. The minimum absolute atomic E-state index is 0.00176. The van der Waals surface area contributed by atoms with E-state index < -0.39 is 0 Å². The molecule has 1 aliphatic heterocycles. The zero-order valence-electron chi connectivity index (χ0n) is 8.36. The van der Waals surface area contributed by atoms with Gasteiger partial charge in [-0.15, -0.1) is 0 Å². The van der Waals surface area contributed by atoms with Crippen LogP contribution in [-0.4, -0.2) is 18.1 Å². The Bertz CT molecular complexity index is 426. The third-order valence-electron chi connectivity index (χ3n) is 3.20. The first-order valence-electron chi connectivity index (χ1n) is 5.15. The van der Waals surface area contributed by atoms with Crippen LogP contribution in [0.25, 0.3) is 0 Å². The maximum Gasteiger partial charge on any atom is 0.322 e. The molecule has 0 bridgehead atoms. The first kappa shape index (κ1) is 8.59. The molecule has 1 spiro atoms. The fourth-order valence-electron chi connectivity index (χ4n) is 2.21. The fraction of sp³-hybridized carbons (Fsp3) is 0.364. The third kappa shape index (κ3) is 1.17. The molecule has 1 aliphatic carbocycles. The molecule has 2 aliphatic rings. The summed E-state index contributed by atoms with van der Waals surface area (Å²) in [5.74, 6) is 0. The number of nitrogens with one attached hydrogen (secondary N) is 1. The molecule has 15 heavy (non-hydrogen) atoms. The first-order valence-corrected chi connectivity index (χ1v) is 5.15. The molecule has 0 radical (unpaired) electrons. The predicted molar refractivity (Wildman–Crippen MR) is 58.7 cm³/mol. The molecule has 1 saturated carbocycles. The Morgan fingerprint density at radius 3 is 2.87 bits per heavy atom. The number of hydrogen-bond acceptors (Lipinski definition) is 2. The van der Waals surface area contributed by atoms with Crippen LogP contribution >= 0.6 is 0 Å². The van der Waals surface area contributed by atoms with E-state index in [1.165, 1.54) is 0 Å². The minimum Gasteiger partial charge on any atom is -0.399 e. The number of nitrogens with zero attached hydrogens (tertiary/aromatic N) is 1. The van der Waals surface area contributed by atoms with Crippen LogP contribution in [0, 0.1) is 0 Å². The third-order valence-corrected chi connectivity index (χ3v) is 3.20. The summed E-state index contributed by atoms with van der Waals surface area (Å²) in [6, 6.07) is 7.49. The smallest absolute Gasteiger partial charge is 0.322 e. The molecule has 0 atom stereocenters. The maximum absolute atomic E-state index is 11.7. The van der Waals surface area contributed by atoms with Gasteiger partial charge in [-0.2, -0.15) is 0 Å². The number of anilines is 2. The van der Waals surface area contributed by atoms with Gasteiger partial charge in [0.2, 0.25) is 0 Å². The van der Waals surface area contributed by atoms with E-state index in [0.29, 0.717) is 5.69 Å². The summed E-state index contributed by atoms with van der Waals surface area (Å²) in [5, 5.41) is 2.89. The Balaban J connectivity index is 2.02. The monoisotopic (exact) mass is 203 g/mol. The van der Waals surface area contributed by atoms with Crippen molar-refractivity contribution in [2.75, 3.05) is 17.2 Å². The number of nitrogen functional groups attached to an aromatic ring is 1. The molecule has 4 nitrogen and oxygen atoms in total. The number of benzene rings is 1. The fourth-order valence-corrected chi connectivity index (χ4v) is 2.21. The maximum atomic E-state index is 11.7. The van der Waals surface area contributed by atoms with Gasteiger partial charge in [0.1, 0.15) is 0 Å². The number of amides is 2. The van der Waals surface area contributed by atoms with Gasteiger partial charge in [-0.05, 0) is 31.0 Å². The number of nitrogens with two attached hydrogens (primary N) is 1. The van der Waals surface area contributed by atoms with Crippen molar-refractivity contribution in [1.29, 1.82) is 0 Å². The molecule has 0 aromatic heterocycles. The van der Waals surface area contributed by atoms with Gasteiger partial charge in [0.05, 0.1) is 5.54 Å². The van der Waals surface area contributed by atoms with E-state index in [1.807, 2.05) is 29.2 Å². The van der Waals surface area contributed by atoms with Crippen LogP contribution in [0.1, 0.15) is 12.8 Å². The van der Waals surface area contributed by atoms with Gasteiger partial charge in [0.25, 0.3) is 0 Å². The second-order valence-corrected chi connectivity index (χ2v) is 4.31. The van der Waals surface area contributed by atoms with E-state index >= 15 is 0 Å². The molecule has 1 aromatic rings. The van der Waals surface area contributed by atoms with Crippen molar-refractivity contribution >= 4 is 17.4 Å². The summed E-state index contributed by atoms with van der Waals surface area (Å²) >= 11 is 0. The Hall–Kier alpha value is -1.71. The number of urea groups is 1. The molecule has 3 N–H and O–H groups in total. The van der Waals surface area contributed by atoms with Crippen LogP contribution in [0.2, 0.25) is 0 Å². The van der Waals surface area contributed by atoms with Crippen LogP contribution in [0.15, 0.2) is 24.3 Å². The Morgan fingerprint density at radius 1 is 1.40 bits per heavy atom. The Labute approximate surface area is 88.1 Å². The van der Waals surface area contributed by atoms with Gasteiger partial charge >= 0.3 is 6.03 Å². The van der Waals surface area contributed by atoms with Crippen molar-refractivity contribution in [3.8, 4) is 0 Å². The molecule has 3 rings (SSSR count). The Kier molecular flexibility index (Phi) is 1.52. The lowest BCUT2D eigenvalue weighted by Gasteiger charge is -2.22. The summed E-state index contributed by atoms with van der Waals surface area (Å²) in [6.07, 6.45) is 2.17. The molecule has 0 unspecified atom stereocenters. The number of carbonyl (C=O) groups excluding carboxylic acids is 1. The highest BCUT2D eigenvalue weighted by atomic mass is 16.2. The van der Waals surface area contributed by atoms with Crippen molar-refractivity contribution < 1.29 is 4.79 Å². The highest BCUT2D eigenvalue weighted by molar-refractivity contribution is 5.97. The Morgan fingerprint density at radius 2 is 2.20 bits per heavy atom. The molecule has 78 valence electrons. The lowest BCUT2D eigenvalue weighted by molar-refractivity contribution is 0.251. The van der Waals surface area contributed by atoms with Crippen LogP contribution in [0.4, 0.5) is 16.2 Å².